The first-order valence-electron chi connectivity index (χ1n) is 10.6. The molecule has 0 saturated heterocycles. The highest BCUT2D eigenvalue weighted by molar-refractivity contribution is 7.92. The molecule has 1 N–H and O–H groups in total. The number of benzene rings is 3. The average Bonchev–Trinajstić information content (AvgIpc) is 3.30. The van der Waals surface area contributed by atoms with Crippen LogP contribution in [-0.4, -0.2) is 45.3 Å². The van der Waals surface area contributed by atoms with Crippen LogP contribution in [0, 0.1) is 10.1 Å². The normalized spacial score (nSPS) is 15.9. The molecule has 3 aromatic carbocycles. The Balaban J connectivity index is 1.80. The summed E-state index contributed by atoms with van der Waals surface area (Å²) in [6.45, 7) is 0. The number of ether oxygens (including phenoxy) is 1. The predicted molar refractivity (Wildman–Crippen MR) is 134 cm³/mol. The summed E-state index contributed by atoms with van der Waals surface area (Å²) in [6, 6.07) is 17.1. The van der Waals surface area contributed by atoms with E-state index < -0.39 is 31.0 Å². The predicted octanol–water partition coefficient (Wildman–Crippen LogP) is 3.51. The van der Waals surface area contributed by atoms with E-state index in [4.69, 9.17) is 4.74 Å². The summed E-state index contributed by atoms with van der Waals surface area (Å²) in [7, 11) is -6.23. The van der Waals surface area contributed by atoms with Gasteiger partial charge in [-0.25, -0.2) is 8.42 Å². The van der Waals surface area contributed by atoms with Crippen LogP contribution in [0.5, 0.6) is 5.75 Å². The standard InChI is InChI=1S/C23H22N4O7S2/c1-34-20-9-11-21(12-10-20)36(32,33)26-23(17-6-4-8-19(14-17)27(28)29)15-22(24-26)16-5-3-7-18(13-16)25-35(2,30)31/h3-14,23,25H,15H2,1-2H3. The summed E-state index contributed by atoms with van der Waals surface area (Å²) in [6.07, 6.45) is 1.13. The van der Waals surface area contributed by atoms with E-state index in [1.54, 1.807) is 30.3 Å². The molecule has 13 heteroatoms. The molecule has 0 spiro atoms. The van der Waals surface area contributed by atoms with E-state index in [-0.39, 0.29) is 17.0 Å². The second-order valence-corrected chi connectivity index (χ2v) is 11.6. The Hall–Kier alpha value is -3.97. The summed E-state index contributed by atoms with van der Waals surface area (Å²) in [5.74, 6) is 0.477. The van der Waals surface area contributed by atoms with Gasteiger partial charge in [0.25, 0.3) is 15.7 Å². The van der Waals surface area contributed by atoms with Gasteiger partial charge in [0, 0.05) is 24.2 Å². The molecule has 0 amide bonds. The molecular weight excluding hydrogens is 508 g/mol. The molecular formula is C23H22N4O7S2. The molecule has 0 aromatic heterocycles. The third-order valence-electron chi connectivity index (χ3n) is 5.44. The van der Waals surface area contributed by atoms with Crippen molar-refractivity contribution in [3.05, 3.63) is 94.0 Å². The van der Waals surface area contributed by atoms with E-state index in [9.17, 15) is 26.9 Å². The summed E-state index contributed by atoms with van der Waals surface area (Å²) >= 11 is 0. The molecule has 36 heavy (non-hydrogen) atoms. The van der Waals surface area contributed by atoms with Gasteiger partial charge in [0.15, 0.2) is 0 Å². The molecule has 1 unspecified atom stereocenters. The van der Waals surface area contributed by atoms with Gasteiger partial charge < -0.3 is 4.74 Å². The van der Waals surface area contributed by atoms with E-state index in [1.807, 2.05) is 0 Å². The monoisotopic (exact) mass is 530 g/mol. The molecule has 0 fully saturated rings. The Kier molecular flexibility index (Phi) is 6.69. The van der Waals surface area contributed by atoms with Crippen LogP contribution in [0.3, 0.4) is 0 Å². The van der Waals surface area contributed by atoms with Crippen molar-refractivity contribution >= 4 is 37.1 Å². The van der Waals surface area contributed by atoms with Crippen molar-refractivity contribution in [3.8, 4) is 5.75 Å². The molecule has 1 aliphatic heterocycles. The number of anilines is 1. The van der Waals surface area contributed by atoms with Crippen molar-refractivity contribution in [1.29, 1.82) is 0 Å². The van der Waals surface area contributed by atoms with E-state index in [1.165, 1.54) is 49.6 Å². The fourth-order valence-electron chi connectivity index (χ4n) is 3.81. The number of methoxy groups -OCH3 is 1. The Morgan fingerprint density at radius 2 is 1.72 bits per heavy atom. The quantitative estimate of drug-likeness (QED) is 0.346. The third kappa shape index (κ3) is 5.31. The maximum atomic E-state index is 13.6. The summed E-state index contributed by atoms with van der Waals surface area (Å²) in [5, 5.41) is 15.7. The smallest absolute Gasteiger partial charge is 0.279 e. The number of sulfonamides is 2. The summed E-state index contributed by atoms with van der Waals surface area (Å²) < 4.78 is 59.0. The number of nitrogens with one attached hydrogen (secondary N) is 1. The van der Waals surface area contributed by atoms with Gasteiger partial charge in [-0.1, -0.05) is 24.3 Å². The SMILES string of the molecule is COc1ccc(S(=O)(=O)N2N=C(c3cccc(NS(C)(=O)=O)c3)CC2c2cccc([N+](=O)[O-])c2)cc1. The van der Waals surface area contributed by atoms with Crippen LogP contribution in [0.1, 0.15) is 23.6 Å². The first-order chi connectivity index (χ1) is 17.0. The van der Waals surface area contributed by atoms with Crippen LogP contribution in [0.2, 0.25) is 0 Å². The fraction of sp³-hybridized carbons (Fsp3) is 0.174. The van der Waals surface area contributed by atoms with Crippen LogP contribution < -0.4 is 9.46 Å². The molecule has 1 aliphatic rings. The van der Waals surface area contributed by atoms with E-state index >= 15 is 0 Å². The van der Waals surface area contributed by atoms with Crippen LogP contribution in [0.4, 0.5) is 11.4 Å². The summed E-state index contributed by atoms with van der Waals surface area (Å²) in [5.41, 5.74) is 1.39. The largest absolute Gasteiger partial charge is 0.497 e. The van der Waals surface area contributed by atoms with Gasteiger partial charge in [-0.15, -0.1) is 0 Å². The minimum absolute atomic E-state index is 0.0313. The Morgan fingerprint density at radius 1 is 1.03 bits per heavy atom. The minimum atomic E-state index is -4.17. The van der Waals surface area contributed by atoms with Crippen LogP contribution in [0.25, 0.3) is 0 Å². The lowest BCUT2D eigenvalue weighted by atomic mass is 9.98. The van der Waals surface area contributed by atoms with E-state index in [2.05, 4.69) is 9.82 Å². The topological polar surface area (TPSA) is 148 Å². The molecule has 11 nitrogen and oxygen atoms in total. The Morgan fingerprint density at radius 3 is 2.36 bits per heavy atom. The van der Waals surface area contributed by atoms with Gasteiger partial charge in [0.2, 0.25) is 10.0 Å². The highest BCUT2D eigenvalue weighted by Gasteiger charge is 2.38. The van der Waals surface area contributed by atoms with Crippen molar-refractivity contribution in [3.63, 3.8) is 0 Å². The minimum Gasteiger partial charge on any atom is -0.497 e. The van der Waals surface area contributed by atoms with Crippen LogP contribution in [0.15, 0.2) is 82.8 Å². The highest BCUT2D eigenvalue weighted by Crippen LogP contribution is 2.38. The number of non-ortho nitro benzene ring substituents is 1. The molecule has 188 valence electrons. The van der Waals surface area contributed by atoms with Gasteiger partial charge in [-0.3, -0.25) is 14.8 Å². The number of rotatable bonds is 8. The molecule has 1 heterocycles. The van der Waals surface area contributed by atoms with Gasteiger partial charge >= 0.3 is 0 Å². The molecule has 3 aromatic rings. The lowest BCUT2D eigenvalue weighted by molar-refractivity contribution is -0.384. The zero-order chi connectivity index (χ0) is 26.1. The lowest BCUT2D eigenvalue weighted by Crippen LogP contribution is -2.27. The maximum Gasteiger partial charge on any atom is 0.279 e. The zero-order valence-electron chi connectivity index (χ0n) is 19.2. The van der Waals surface area contributed by atoms with Gasteiger partial charge in [0.05, 0.1) is 34.9 Å². The van der Waals surface area contributed by atoms with Crippen LogP contribution in [-0.2, 0) is 20.0 Å². The number of hydrogen-bond donors (Lipinski definition) is 1. The second kappa shape index (κ2) is 9.59. The number of nitro groups is 1. The molecule has 0 radical (unpaired) electrons. The molecule has 0 bridgehead atoms. The zero-order valence-corrected chi connectivity index (χ0v) is 20.9. The van der Waals surface area contributed by atoms with Crippen molar-refractivity contribution in [2.75, 3.05) is 18.1 Å². The molecule has 0 aliphatic carbocycles. The van der Waals surface area contributed by atoms with Crippen molar-refractivity contribution < 1.29 is 26.5 Å². The third-order valence-corrected chi connectivity index (χ3v) is 7.74. The summed E-state index contributed by atoms with van der Waals surface area (Å²) in [4.78, 5) is 10.8. The number of nitro benzene ring substituents is 1. The maximum absolute atomic E-state index is 13.6. The Labute approximate surface area is 208 Å². The van der Waals surface area contributed by atoms with E-state index in [0.29, 0.717) is 28.3 Å². The van der Waals surface area contributed by atoms with Crippen molar-refractivity contribution in [1.82, 2.24) is 4.41 Å². The first kappa shape index (κ1) is 25.1. The van der Waals surface area contributed by atoms with Gasteiger partial charge in [-0.05, 0) is 47.5 Å². The van der Waals surface area contributed by atoms with Gasteiger partial charge in [0.1, 0.15) is 5.75 Å². The fourth-order valence-corrected chi connectivity index (χ4v) is 5.80. The van der Waals surface area contributed by atoms with Gasteiger partial charge in [-0.2, -0.15) is 17.9 Å². The number of hydrazone groups is 1. The van der Waals surface area contributed by atoms with Crippen molar-refractivity contribution in [2.45, 2.75) is 17.4 Å². The van der Waals surface area contributed by atoms with Crippen molar-refractivity contribution in [2.24, 2.45) is 5.10 Å². The molecule has 4 rings (SSSR count). The number of nitrogens with zero attached hydrogens (tertiary/aromatic N) is 3. The highest BCUT2D eigenvalue weighted by atomic mass is 32.2. The number of hydrogen-bond acceptors (Lipinski definition) is 8. The second-order valence-electron chi connectivity index (χ2n) is 8.03. The molecule has 0 saturated carbocycles. The average molecular weight is 531 g/mol. The first-order valence-corrected chi connectivity index (χ1v) is 13.9. The lowest BCUT2D eigenvalue weighted by Gasteiger charge is -2.23. The van der Waals surface area contributed by atoms with E-state index in [0.717, 1.165) is 10.7 Å². The molecule has 1 atom stereocenters. The van der Waals surface area contributed by atoms with Crippen LogP contribution >= 0.6 is 0 Å². The Bertz CT molecular complexity index is 1550.